The minimum Gasteiger partial charge on any atom is -0.462 e. The fourth-order valence-electron chi connectivity index (χ4n) is 4.24. The van der Waals surface area contributed by atoms with E-state index in [0.717, 1.165) is 47.3 Å². The molecule has 2 heterocycles. The van der Waals surface area contributed by atoms with Gasteiger partial charge in [0, 0.05) is 4.88 Å². The third-order valence-electron chi connectivity index (χ3n) is 5.92. The quantitative estimate of drug-likeness (QED) is 0.500. The number of nitrogens with zero attached hydrogens (tertiary/aromatic N) is 3. The van der Waals surface area contributed by atoms with Crippen LogP contribution >= 0.6 is 11.3 Å². The normalized spacial score (nSPS) is 15.8. The number of benzene rings is 1. The number of fused-ring (bicyclic) bond motifs is 3. The summed E-state index contributed by atoms with van der Waals surface area (Å²) in [4.78, 5) is 34.9. The molecule has 0 fully saturated rings. The third kappa shape index (κ3) is 4.64. The van der Waals surface area contributed by atoms with Gasteiger partial charge in [0.05, 0.1) is 30.6 Å². The molecule has 1 aliphatic carbocycles. The van der Waals surface area contributed by atoms with Crippen molar-refractivity contribution in [2.24, 2.45) is 5.92 Å². The van der Waals surface area contributed by atoms with Gasteiger partial charge in [0.25, 0.3) is 5.56 Å². The van der Waals surface area contributed by atoms with E-state index in [-0.39, 0.29) is 11.5 Å². The summed E-state index contributed by atoms with van der Waals surface area (Å²) in [6, 6.07) is 7.32. The molecule has 2 aromatic heterocycles. The first-order valence-corrected chi connectivity index (χ1v) is 12.1. The third-order valence-corrected chi connectivity index (χ3v) is 7.07. The Bertz CT molecular complexity index is 1180. The van der Waals surface area contributed by atoms with Gasteiger partial charge in [-0.15, -0.1) is 11.3 Å². The molecule has 0 amide bonds. The Kier molecular flexibility index (Phi) is 6.76. The van der Waals surface area contributed by atoms with Crippen LogP contribution < -0.4 is 5.56 Å². The number of ether oxygens (including phenoxy) is 1. The van der Waals surface area contributed by atoms with E-state index < -0.39 is 0 Å². The molecule has 0 aliphatic heterocycles. The van der Waals surface area contributed by atoms with Crippen LogP contribution in [-0.2, 0) is 30.7 Å². The second kappa shape index (κ2) is 9.55. The summed E-state index contributed by atoms with van der Waals surface area (Å²) < 4.78 is 7.01. The topological polar surface area (TPSA) is 64.4 Å². The molecule has 4 rings (SSSR count). The van der Waals surface area contributed by atoms with E-state index in [1.165, 1.54) is 10.4 Å². The second-order valence-corrected chi connectivity index (χ2v) is 10.1. The van der Waals surface area contributed by atoms with Crippen LogP contribution in [0.5, 0.6) is 0 Å². The SMILES string of the molecule is CCCOC(=O)c1ccc(Cn2c(CN(C)C)nc3sc4c(c3c2=O)CCC(C)C4)cc1. The molecule has 1 unspecified atom stereocenters. The van der Waals surface area contributed by atoms with Gasteiger partial charge < -0.3 is 9.64 Å². The van der Waals surface area contributed by atoms with E-state index in [2.05, 4.69) is 6.92 Å². The molecule has 0 spiro atoms. The summed E-state index contributed by atoms with van der Waals surface area (Å²) in [5.41, 5.74) is 2.74. The zero-order valence-electron chi connectivity index (χ0n) is 19.3. The van der Waals surface area contributed by atoms with Crippen molar-refractivity contribution in [3.05, 3.63) is 62.0 Å². The molecule has 6 nitrogen and oxygen atoms in total. The number of carbonyl (C=O) groups excluding carboxylic acids is 1. The molecule has 170 valence electrons. The van der Waals surface area contributed by atoms with Gasteiger partial charge in [-0.25, -0.2) is 9.78 Å². The Morgan fingerprint density at radius 2 is 2.03 bits per heavy atom. The lowest BCUT2D eigenvalue weighted by Gasteiger charge is -2.18. The average molecular weight is 454 g/mol. The Morgan fingerprint density at radius 1 is 1.28 bits per heavy atom. The van der Waals surface area contributed by atoms with Gasteiger partial charge >= 0.3 is 5.97 Å². The van der Waals surface area contributed by atoms with Gasteiger partial charge in [0.1, 0.15) is 10.7 Å². The molecule has 3 aromatic rings. The predicted octanol–water partition coefficient (Wildman–Crippen LogP) is 4.26. The van der Waals surface area contributed by atoms with Crippen molar-refractivity contribution in [1.82, 2.24) is 14.5 Å². The highest BCUT2D eigenvalue weighted by Gasteiger charge is 2.24. The van der Waals surface area contributed by atoms with Crippen molar-refractivity contribution in [3.8, 4) is 0 Å². The maximum atomic E-state index is 13.7. The van der Waals surface area contributed by atoms with Crippen LogP contribution in [0.15, 0.2) is 29.1 Å². The lowest BCUT2D eigenvalue weighted by molar-refractivity contribution is 0.0505. The van der Waals surface area contributed by atoms with Crippen molar-refractivity contribution < 1.29 is 9.53 Å². The summed E-state index contributed by atoms with van der Waals surface area (Å²) in [5, 5.41) is 0.805. The first-order valence-electron chi connectivity index (χ1n) is 11.3. The van der Waals surface area contributed by atoms with Gasteiger partial charge in [-0.1, -0.05) is 26.0 Å². The molecule has 7 heteroatoms. The van der Waals surface area contributed by atoms with E-state index in [1.54, 1.807) is 28.0 Å². The molecule has 1 atom stereocenters. The van der Waals surface area contributed by atoms with Crippen molar-refractivity contribution >= 4 is 27.5 Å². The number of thiophene rings is 1. The van der Waals surface area contributed by atoms with Gasteiger partial charge in [-0.3, -0.25) is 9.36 Å². The maximum absolute atomic E-state index is 13.7. The molecular formula is C25H31N3O3S. The molecule has 0 bridgehead atoms. The predicted molar refractivity (Wildman–Crippen MR) is 129 cm³/mol. The van der Waals surface area contributed by atoms with Crippen molar-refractivity contribution in [3.63, 3.8) is 0 Å². The van der Waals surface area contributed by atoms with Crippen LogP contribution in [0.2, 0.25) is 0 Å². The zero-order valence-corrected chi connectivity index (χ0v) is 20.1. The summed E-state index contributed by atoms with van der Waals surface area (Å²) >= 11 is 1.69. The van der Waals surface area contributed by atoms with Crippen LogP contribution in [0.4, 0.5) is 0 Å². The number of aromatic nitrogens is 2. The van der Waals surface area contributed by atoms with Crippen LogP contribution in [0.25, 0.3) is 10.2 Å². The molecule has 0 radical (unpaired) electrons. The summed E-state index contributed by atoms with van der Waals surface area (Å²) in [5.74, 6) is 1.11. The largest absolute Gasteiger partial charge is 0.462 e. The second-order valence-electron chi connectivity index (χ2n) is 9.02. The number of hydrogen-bond acceptors (Lipinski definition) is 6. The lowest BCUT2D eigenvalue weighted by atomic mass is 9.89. The van der Waals surface area contributed by atoms with Gasteiger partial charge in [-0.2, -0.15) is 0 Å². The highest BCUT2D eigenvalue weighted by Crippen LogP contribution is 2.36. The number of aryl methyl sites for hydroxylation is 1. The fourth-order valence-corrected chi connectivity index (χ4v) is 5.63. The van der Waals surface area contributed by atoms with Gasteiger partial charge in [0.2, 0.25) is 0 Å². The standard InChI is InChI=1S/C25H31N3O3S/c1-5-12-31-25(30)18-9-7-17(8-10-18)14-28-21(15-27(3)4)26-23-22(24(28)29)19-11-6-16(2)13-20(19)32-23/h7-10,16H,5-6,11-15H2,1-4H3. The van der Waals surface area contributed by atoms with Gasteiger partial charge in [-0.05, 0) is 69.0 Å². The molecule has 32 heavy (non-hydrogen) atoms. The number of rotatable bonds is 7. The molecule has 0 saturated heterocycles. The molecule has 0 saturated carbocycles. The first-order chi connectivity index (χ1) is 15.4. The molecule has 0 N–H and O–H groups in total. The van der Waals surface area contributed by atoms with Crippen molar-refractivity contribution in [2.75, 3.05) is 20.7 Å². The molecular weight excluding hydrogens is 422 g/mol. The monoisotopic (exact) mass is 453 g/mol. The maximum Gasteiger partial charge on any atom is 0.338 e. The minimum absolute atomic E-state index is 0.0466. The minimum atomic E-state index is -0.314. The first kappa shape index (κ1) is 22.7. The lowest BCUT2D eigenvalue weighted by Crippen LogP contribution is -2.29. The Hall–Kier alpha value is -2.51. The Labute approximate surface area is 192 Å². The fraction of sp³-hybridized carbons (Fsp3) is 0.480. The zero-order chi connectivity index (χ0) is 22.8. The van der Waals surface area contributed by atoms with E-state index >= 15 is 0 Å². The van der Waals surface area contributed by atoms with Gasteiger partial charge in [0.15, 0.2) is 0 Å². The Balaban J connectivity index is 1.71. The van der Waals surface area contributed by atoms with E-state index in [0.29, 0.717) is 31.2 Å². The molecule has 1 aliphatic rings. The van der Waals surface area contributed by atoms with Crippen LogP contribution in [-0.4, -0.2) is 41.1 Å². The van der Waals surface area contributed by atoms with E-state index in [4.69, 9.17) is 9.72 Å². The average Bonchev–Trinajstić information content (AvgIpc) is 3.12. The number of hydrogen-bond donors (Lipinski definition) is 0. The smallest absolute Gasteiger partial charge is 0.338 e. The Morgan fingerprint density at radius 3 is 2.72 bits per heavy atom. The van der Waals surface area contributed by atoms with Crippen LogP contribution in [0, 0.1) is 5.92 Å². The van der Waals surface area contributed by atoms with Crippen LogP contribution in [0.3, 0.4) is 0 Å². The number of carbonyl (C=O) groups is 1. The summed E-state index contributed by atoms with van der Waals surface area (Å²) in [6.07, 6.45) is 3.90. The van der Waals surface area contributed by atoms with Crippen LogP contribution in [0.1, 0.15) is 58.9 Å². The van der Waals surface area contributed by atoms with Crippen molar-refractivity contribution in [1.29, 1.82) is 0 Å². The number of esters is 1. The van der Waals surface area contributed by atoms with Crippen molar-refractivity contribution in [2.45, 2.75) is 52.6 Å². The van der Waals surface area contributed by atoms with E-state index in [9.17, 15) is 9.59 Å². The summed E-state index contributed by atoms with van der Waals surface area (Å²) in [6.45, 7) is 5.68. The summed E-state index contributed by atoms with van der Waals surface area (Å²) in [7, 11) is 3.97. The van der Waals surface area contributed by atoms with E-state index in [1.807, 2.05) is 38.1 Å². The highest BCUT2D eigenvalue weighted by molar-refractivity contribution is 7.18. The highest BCUT2D eigenvalue weighted by atomic mass is 32.1. The molecule has 1 aromatic carbocycles.